The standard InChI is InChI=1S/C22H28N4O3S3/c1-3-26-20-10-9-18(32(28,29)25-11-5-4-6-12-25)14-19(20)23-22(26)31-16-21(27)24(2)15-17-8-7-13-30-17/h7-10,13-14H,3-6,11-12,15-16H2,1-2H3. The summed E-state index contributed by atoms with van der Waals surface area (Å²) in [7, 11) is -1.70. The maximum absolute atomic E-state index is 13.0. The normalized spacial score (nSPS) is 15.3. The summed E-state index contributed by atoms with van der Waals surface area (Å²) in [6.07, 6.45) is 2.89. The van der Waals surface area contributed by atoms with Gasteiger partial charge in [0.2, 0.25) is 15.9 Å². The molecule has 3 aromatic rings. The van der Waals surface area contributed by atoms with E-state index in [1.165, 1.54) is 11.8 Å². The second-order valence-electron chi connectivity index (χ2n) is 7.87. The van der Waals surface area contributed by atoms with Crippen LogP contribution < -0.4 is 0 Å². The number of aromatic nitrogens is 2. The molecule has 0 N–H and O–H groups in total. The van der Waals surface area contributed by atoms with Crippen molar-refractivity contribution in [2.75, 3.05) is 25.9 Å². The predicted molar refractivity (Wildman–Crippen MR) is 130 cm³/mol. The number of benzene rings is 1. The molecule has 0 atom stereocenters. The Morgan fingerprint density at radius 1 is 1.22 bits per heavy atom. The van der Waals surface area contributed by atoms with Crippen LogP contribution in [-0.4, -0.2) is 59.0 Å². The summed E-state index contributed by atoms with van der Waals surface area (Å²) in [6.45, 7) is 4.46. The zero-order valence-electron chi connectivity index (χ0n) is 18.4. The number of sulfonamides is 1. The summed E-state index contributed by atoms with van der Waals surface area (Å²) in [5.41, 5.74) is 1.53. The van der Waals surface area contributed by atoms with E-state index in [0.29, 0.717) is 31.7 Å². The zero-order valence-corrected chi connectivity index (χ0v) is 20.8. The van der Waals surface area contributed by atoms with E-state index in [9.17, 15) is 13.2 Å². The van der Waals surface area contributed by atoms with Gasteiger partial charge in [0.1, 0.15) is 0 Å². The minimum atomic E-state index is -3.51. The van der Waals surface area contributed by atoms with Gasteiger partial charge in [-0.15, -0.1) is 11.3 Å². The second-order valence-corrected chi connectivity index (χ2v) is 11.8. The molecule has 172 valence electrons. The Balaban J connectivity index is 1.51. The van der Waals surface area contributed by atoms with Crippen molar-refractivity contribution in [1.29, 1.82) is 0 Å². The average molecular weight is 493 g/mol. The molecule has 3 heterocycles. The van der Waals surface area contributed by atoms with Crippen LogP contribution in [0, 0.1) is 0 Å². The second kappa shape index (κ2) is 9.94. The number of nitrogens with zero attached hydrogens (tertiary/aromatic N) is 4. The molecular weight excluding hydrogens is 464 g/mol. The molecule has 0 bridgehead atoms. The van der Waals surface area contributed by atoms with Crippen molar-refractivity contribution in [3.05, 3.63) is 40.6 Å². The highest BCUT2D eigenvalue weighted by molar-refractivity contribution is 7.99. The number of thiophene rings is 1. The molecule has 0 unspecified atom stereocenters. The summed E-state index contributed by atoms with van der Waals surface area (Å²) in [5, 5.41) is 2.74. The van der Waals surface area contributed by atoms with E-state index >= 15 is 0 Å². The number of carbonyl (C=O) groups excluding carboxylic acids is 1. The van der Waals surface area contributed by atoms with E-state index in [-0.39, 0.29) is 16.6 Å². The largest absolute Gasteiger partial charge is 0.340 e. The van der Waals surface area contributed by atoms with Gasteiger partial charge in [-0.25, -0.2) is 13.4 Å². The molecule has 1 aliphatic rings. The molecule has 1 aromatic carbocycles. The Hall–Kier alpha value is -1.88. The average Bonchev–Trinajstić information content (AvgIpc) is 3.44. The van der Waals surface area contributed by atoms with Gasteiger partial charge in [0.25, 0.3) is 0 Å². The number of hydrogen-bond acceptors (Lipinski definition) is 6. The first-order valence-electron chi connectivity index (χ1n) is 10.8. The van der Waals surface area contributed by atoms with Gasteiger partial charge in [-0.1, -0.05) is 24.2 Å². The molecule has 32 heavy (non-hydrogen) atoms. The maximum atomic E-state index is 13.0. The van der Waals surface area contributed by atoms with Gasteiger partial charge in [-0.2, -0.15) is 4.31 Å². The number of rotatable bonds is 8. The first-order chi connectivity index (χ1) is 15.4. The van der Waals surface area contributed by atoms with Crippen LogP contribution in [0.3, 0.4) is 0 Å². The molecule has 1 amide bonds. The summed E-state index contributed by atoms with van der Waals surface area (Å²) in [5.74, 6) is 0.316. The molecule has 10 heteroatoms. The lowest BCUT2D eigenvalue weighted by Crippen LogP contribution is -2.35. The molecule has 7 nitrogen and oxygen atoms in total. The third-order valence-corrected chi connectivity index (χ3v) is 9.39. The van der Waals surface area contributed by atoms with E-state index in [2.05, 4.69) is 4.98 Å². The van der Waals surface area contributed by atoms with Crippen LogP contribution in [0.2, 0.25) is 0 Å². The van der Waals surface area contributed by atoms with E-state index in [1.54, 1.807) is 32.7 Å². The van der Waals surface area contributed by atoms with Gasteiger partial charge >= 0.3 is 0 Å². The van der Waals surface area contributed by atoms with Crippen LogP contribution in [0.15, 0.2) is 45.8 Å². The van der Waals surface area contributed by atoms with Crippen molar-refractivity contribution >= 4 is 50.1 Å². The summed E-state index contributed by atoms with van der Waals surface area (Å²) < 4.78 is 29.7. The van der Waals surface area contributed by atoms with Crippen LogP contribution >= 0.6 is 23.1 Å². The van der Waals surface area contributed by atoms with Crippen molar-refractivity contribution in [1.82, 2.24) is 18.8 Å². The minimum Gasteiger partial charge on any atom is -0.340 e. The first kappa shape index (κ1) is 23.3. The van der Waals surface area contributed by atoms with Crippen LogP contribution in [0.1, 0.15) is 31.1 Å². The van der Waals surface area contributed by atoms with E-state index in [4.69, 9.17) is 0 Å². The maximum Gasteiger partial charge on any atom is 0.243 e. The molecule has 1 fully saturated rings. The fourth-order valence-electron chi connectivity index (χ4n) is 3.88. The van der Waals surface area contributed by atoms with Crippen molar-refractivity contribution < 1.29 is 13.2 Å². The molecule has 2 aromatic heterocycles. The van der Waals surface area contributed by atoms with Gasteiger partial charge in [0.15, 0.2) is 5.16 Å². The van der Waals surface area contributed by atoms with Crippen LogP contribution in [0.4, 0.5) is 0 Å². The number of piperidine rings is 1. The minimum absolute atomic E-state index is 0.0338. The van der Waals surface area contributed by atoms with Crippen molar-refractivity contribution in [3.63, 3.8) is 0 Å². The van der Waals surface area contributed by atoms with Gasteiger partial charge < -0.3 is 9.47 Å². The summed E-state index contributed by atoms with van der Waals surface area (Å²) >= 11 is 3.03. The number of imidazole rings is 1. The highest BCUT2D eigenvalue weighted by atomic mass is 32.2. The predicted octanol–water partition coefficient (Wildman–Crippen LogP) is 4.04. The summed E-state index contributed by atoms with van der Waals surface area (Å²) in [6, 6.07) is 9.18. The fourth-order valence-corrected chi connectivity index (χ4v) is 7.19. The number of carbonyl (C=O) groups is 1. The third-order valence-electron chi connectivity index (χ3n) is 5.68. The zero-order chi connectivity index (χ0) is 22.7. The molecule has 0 saturated carbocycles. The Kier molecular flexibility index (Phi) is 7.24. The smallest absolute Gasteiger partial charge is 0.243 e. The number of aryl methyl sites for hydroxylation is 1. The van der Waals surface area contributed by atoms with Crippen molar-refractivity contribution in [3.8, 4) is 0 Å². The molecule has 0 spiro atoms. The lowest BCUT2D eigenvalue weighted by atomic mass is 10.2. The van der Waals surface area contributed by atoms with E-state index in [0.717, 1.165) is 34.8 Å². The van der Waals surface area contributed by atoms with Crippen molar-refractivity contribution in [2.24, 2.45) is 0 Å². The van der Waals surface area contributed by atoms with Crippen LogP contribution in [-0.2, 0) is 27.9 Å². The van der Waals surface area contributed by atoms with Gasteiger partial charge in [-0.3, -0.25) is 4.79 Å². The number of thioether (sulfide) groups is 1. The molecule has 4 rings (SSSR count). The van der Waals surface area contributed by atoms with E-state index < -0.39 is 10.0 Å². The molecule has 1 aliphatic heterocycles. The number of fused-ring (bicyclic) bond motifs is 1. The molecule has 0 aliphatic carbocycles. The lowest BCUT2D eigenvalue weighted by Gasteiger charge is -2.25. The molecule has 1 saturated heterocycles. The molecular formula is C22H28N4O3S3. The highest BCUT2D eigenvalue weighted by Gasteiger charge is 2.27. The Bertz CT molecular complexity index is 1180. The van der Waals surface area contributed by atoms with Crippen molar-refractivity contribution in [2.45, 2.75) is 49.3 Å². The summed E-state index contributed by atoms with van der Waals surface area (Å²) in [4.78, 5) is 20.4. The lowest BCUT2D eigenvalue weighted by molar-refractivity contribution is -0.127. The molecule has 0 radical (unpaired) electrons. The Labute approximate surface area is 197 Å². The topological polar surface area (TPSA) is 75.5 Å². The fraction of sp³-hybridized carbons (Fsp3) is 0.455. The van der Waals surface area contributed by atoms with Gasteiger partial charge in [-0.05, 0) is 49.4 Å². The highest BCUT2D eigenvalue weighted by Crippen LogP contribution is 2.28. The number of amides is 1. The van der Waals surface area contributed by atoms with Crippen LogP contribution in [0.25, 0.3) is 11.0 Å². The van der Waals surface area contributed by atoms with E-state index in [1.807, 2.05) is 42.1 Å². The number of hydrogen-bond donors (Lipinski definition) is 0. The first-order valence-corrected chi connectivity index (χ1v) is 14.1. The Morgan fingerprint density at radius 2 is 2.00 bits per heavy atom. The van der Waals surface area contributed by atoms with Gasteiger partial charge in [0.05, 0.1) is 28.2 Å². The van der Waals surface area contributed by atoms with Crippen LogP contribution in [0.5, 0.6) is 0 Å². The Morgan fingerprint density at radius 3 is 2.69 bits per heavy atom. The van der Waals surface area contributed by atoms with Gasteiger partial charge in [0, 0.05) is 31.6 Å². The monoisotopic (exact) mass is 492 g/mol. The quantitative estimate of drug-likeness (QED) is 0.444. The SMILES string of the molecule is CCn1c(SCC(=O)N(C)Cc2cccs2)nc2cc(S(=O)(=O)N3CCCCC3)ccc21. The third kappa shape index (κ3) is 4.88.